The topological polar surface area (TPSA) is 119 Å². The van der Waals surface area contributed by atoms with E-state index in [1.807, 2.05) is 66.4 Å². The molecular weight excluding hydrogens is 504 g/mol. The van der Waals surface area contributed by atoms with Crippen LogP contribution in [0.2, 0.25) is 0 Å². The predicted octanol–water partition coefficient (Wildman–Crippen LogP) is 4.98. The first-order chi connectivity index (χ1) is 18.2. The lowest BCUT2D eigenvalue weighted by Gasteiger charge is -2.26. The third-order valence-electron chi connectivity index (χ3n) is 6.37. The summed E-state index contributed by atoms with van der Waals surface area (Å²) < 4.78 is 6.27. The average Bonchev–Trinajstić information content (AvgIpc) is 3.53. The number of nitrogens with zero attached hydrogens (tertiary/aromatic N) is 3. The minimum Gasteiger partial charge on any atom is -0.478 e. The first-order valence-electron chi connectivity index (χ1n) is 11.7. The van der Waals surface area contributed by atoms with Crippen molar-refractivity contribution in [3.63, 3.8) is 0 Å². The van der Waals surface area contributed by atoms with Crippen LogP contribution in [0.4, 0.5) is 11.4 Å². The summed E-state index contributed by atoms with van der Waals surface area (Å²) in [6.07, 6.45) is 1.71. The standard InChI is InChI=1S/C28H24N4O5S/c1-31(2)19-6-8-20(9-7-19)32-25(24(30-28(32)38)21-5-3-4-12-29-21)23-11-10-22(37-23)16-13-17(26(33)34)15-18(14-16)27(35)36/h3-15,24-25H,1-2H3,(H,30,38)(H,33,34)(H,35,36)/t24-,25-/m1/s1. The minimum absolute atomic E-state index is 0.143. The summed E-state index contributed by atoms with van der Waals surface area (Å²) in [6.45, 7) is 0. The highest BCUT2D eigenvalue weighted by molar-refractivity contribution is 7.80. The number of benzene rings is 2. The van der Waals surface area contributed by atoms with Gasteiger partial charge in [0.05, 0.1) is 22.9 Å². The number of furan rings is 1. The van der Waals surface area contributed by atoms with Gasteiger partial charge in [-0.15, -0.1) is 0 Å². The van der Waals surface area contributed by atoms with Crippen molar-refractivity contribution < 1.29 is 24.2 Å². The minimum atomic E-state index is -1.23. The molecule has 38 heavy (non-hydrogen) atoms. The molecule has 1 saturated heterocycles. The molecule has 4 aromatic rings. The van der Waals surface area contributed by atoms with Crippen LogP contribution >= 0.6 is 12.2 Å². The lowest BCUT2D eigenvalue weighted by molar-refractivity contribution is 0.0696. The zero-order valence-corrected chi connectivity index (χ0v) is 21.3. The number of hydrogen-bond acceptors (Lipinski definition) is 6. The Bertz CT molecular complexity index is 1490. The monoisotopic (exact) mass is 528 g/mol. The number of carbonyl (C=O) groups is 2. The second-order valence-electron chi connectivity index (χ2n) is 9.02. The number of aromatic nitrogens is 1. The van der Waals surface area contributed by atoms with E-state index >= 15 is 0 Å². The first kappa shape index (κ1) is 25.0. The highest BCUT2D eigenvalue weighted by Crippen LogP contribution is 2.43. The van der Waals surface area contributed by atoms with Crippen LogP contribution in [0.15, 0.2) is 83.4 Å². The molecule has 0 amide bonds. The summed E-state index contributed by atoms with van der Waals surface area (Å²) in [5.41, 5.74) is 2.73. The van der Waals surface area contributed by atoms with Crippen LogP contribution in [0.25, 0.3) is 11.3 Å². The van der Waals surface area contributed by atoms with Crippen molar-refractivity contribution in [2.45, 2.75) is 12.1 Å². The van der Waals surface area contributed by atoms with Gasteiger partial charge in [-0.25, -0.2) is 9.59 Å². The number of hydrogen-bond donors (Lipinski definition) is 3. The third-order valence-corrected chi connectivity index (χ3v) is 6.69. The van der Waals surface area contributed by atoms with Crippen LogP contribution < -0.4 is 15.1 Å². The van der Waals surface area contributed by atoms with Crippen LogP contribution in [0.3, 0.4) is 0 Å². The van der Waals surface area contributed by atoms with Crippen molar-refractivity contribution in [2.75, 3.05) is 23.9 Å². The van der Waals surface area contributed by atoms with Crippen molar-refractivity contribution >= 4 is 40.6 Å². The summed E-state index contributed by atoms with van der Waals surface area (Å²) in [7, 11) is 3.94. The molecule has 0 spiro atoms. The number of nitrogens with one attached hydrogen (secondary N) is 1. The van der Waals surface area contributed by atoms with E-state index in [4.69, 9.17) is 16.6 Å². The quantitative estimate of drug-likeness (QED) is 0.283. The molecule has 9 nitrogen and oxygen atoms in total. The summed E-state index contributed by atoms with van der Waals surface area (Å²) in [6, 6.07) is 20.3. The van der Waals surface area contributed by atoms with Gasteiger partial charge in [-0.1, -0.05) is 6.07 Å². The second-order valence-corrected chi connectivity index (χ2v) is 9.41. The number of pyridine rings is 1. The molecule has 192 valence electrons. The molecule has 2 aromatic carbocycles. The molecule has 0 aliphatic carbocycles. The Balaban J connectivity index is 1.60. The zero-order chi connectivity index (χ0) is 27.0. The summed E-state index contributed by atoms with van der Waals surface area (Å²) in [5.74, 6) is -1.56. The van der Waals surface area contributed by atoms with E-state index in [1.165, 1.54) is 12.1 Å². The van der Waals surface area contributed by atoms with Crippen molar-refractivity contribution in [3.8, 4) is 11.3 Å². The lowest BCUT2D eigenvalue weighted by atomic mass is 10.0. The van der Waals surface area contributed by atoms with Gasteiger partial charge in [0, 0.05) is 37.2 Å². The van der Waals surface area contributed by atoms with Crippen molar-refractivity contribution in [3.05, 3.63) is 102 Å². The highest BCUT2D eigenvalue weighted by Gasteiger charge is 2.42. The Morgan fingerprint density at radius 1 is 0.974 bits per heavy atom. The number of thiocarbonyl (C=S) groups is 1. The molecule has 1 fully saturated rings. The zero-order valence-electron chi connectivity index (χ0n) is 20.5. The molecule has 1 aliphatic rings. The molecule has 3 heterocycles. The predicted molar refractivity (Wildman–Crippen MR) is 147 cm³/mol. The average molecular weight is 529 g/mol. The van der Waals surface area contributed by atoms with E-state index in [0.29, 0.717) is 22.2 Å². The largest absolute Gasteiger partial charge is 0.478 e. The Morgan fingerprint density at radius 3 is 2.24 bits per heavy atom. The van der Waals surface area contributed by atoms with E-state index in [2.05, 4.69) is 10.3 Å². The van der Waals surface area contributed by atoms with E-state index in [-0.39, 0.29) is 17.2 Å². The van der Waals surface area contributed by atoms with E-state index in [9.17, 15) is 19.8 Å². The first-order valence-corrected chi connectivity index (χ1v) is 12.1. The number of carboxylic acids is 2. The molecule has 2 atom stereocenters. The molecular formula is C28H24N4O5S. The van der Waals surface area contributed by atoms with Gasteiger partial charge in [0.1, 0.15) is 17.6 Å². The molecule has 3 N–H and O–H groups in total. The van der Waals surface area contributed by atoms with Gasteiger partial charge in [-0.3, -0.25) is 4.98 Å². The second kappa shape index (κ2) is 9.98. The van der Waals surface area contributed by atoms with Crippen LogP contribution in [0.5, 0.6) is 0 Å². The Labute approximate surface area is 224 Å². The molecule has 1 aliphatic heterocycles. The fourth-order valence-electron chi connectivity index (χ4n) is 4.52. The molecule has 2 aromatic heterocycles. The van der Waals surface area contributed by atoms with Gasteiger partial charge in [-0.05, 0) is 78.9 Å². The lowest BCUT2D eigenvalue weighted by Crippen LogP contribution is -2.29. The molecule has 0 bridgehead atoms. The van der Waals surface area contributed by atoms with E-state index < -0.39 is 18.0 Å². The number of aromatic carboxylic acids is 2. The van der Waals surface area contributed by atoms with Crippen LogP contribution in [-0.2, 0) is 0 Å². The smallest absolute Gasteiger partial charge is 0.335 e. The number of anilines is 2. The summed E-state index contributed by atoms with van der Waals surface area (Å²) in [5, 5.41) is 22.8. The van der Waals surface area contributed by atoms with E-state index in [1.54, 1.807) is 18.3 Å². The van der Waals surface area contributed by atoms with Crippen molar-refractivity contribution in [1.29, 1.82) is 0 Å². The van der Waals surface area contributed by atoms with Gasteiger partial charge in [0.25, 0.3) is 0 Å². The SMILES string of the molecule is CN(C)c1ccc(N2C(=S)N[C@H](c3ccccn3)[C@H]2c2ccc(-c3cc(C(=O)O)cc(C(=O)O)c3)o2)cc1. The third kappa shape index (κ3) is 4.69. The summed E-state index contributed by atoms with van der Waals surface area (Å²) >= 11 is 5.76. The van der Waals surface area contributed by atoms with Crippen LogP contribution in [-0.4, -0.2) is 46.3 Å². The number of carboxylic acid groups (broad SMARTS) is 2. The number of rotatable bonds is 7. The maximum atomic E-state index is 11.6. The van der Waals surface area contributed by atoms with Crippen LogP contribution in [0.1, 0.15) is 44.3 Å². The molecule has 0 unspecified atom stereocenters. The Kier molecular flexibility index (Phi) is 6.56. The molecule has 0 saturated carbocycles. The van der Waals surface area contributed by atoms with E-state index in [0.717, 1.165) is 23.1 Å². The van der Waals surface area contributed by atoms with Gasteiger partial charge in [0.15, 0.2) is 5.11 Å². The Hall–Kier alpha value is -4.70. The highest BCUT2D eigenvalue weighted by atomic mass is 32.1. The maximum Gasteiger partial charge on any atom is 0.335 e. The van der Waals surface area contributed by atoms with Crippen molar-refractivity contribution in [1.82, 2.24) is 10.3 Å². The maximum absolute atomic E-state index is 11.6. The van der Waals surface area contributed by atoms with Gasteiger partial charge in [0.2, 0.25) is 0 Å². The summed E-state index contributed by atoms with van der Waals surface area (Å²) in [4.78, 5) is 31.7. The van der Waals surface area contributed by atoms with Gasteiger partial charge in [-0.2, -0.15) is 0 Å². The normalized spacial score (nSPS) is 16.8. The molecule has 10 heteroatoms. The molecule has 5 rings (SSSR count). The van der Waals surface area contributed by atoms with Gasteiger partial charge < -0.3 is 29.7 Å². The van der Waals surface area contributed by atoms with Crippen molar-refractivity contribution in [2.24, 2.45) is 0 Å². The van der Waals surface area contributed by atoms with Gasteiger partial charge >= 0.3 is 11.9 Å². The Morgan fingerprint density at radius 2 is 1.66 bits per heavy atom. The fourth-order valence-corrected chi connectivity index (χ4v) is 4.86. The van der Waals surface area contributed by atoms with Crippen LogP contribution in [0, 0.1) is 0 Å². The fraction of sp³-hybridized carbons (Fsp3) is 0.143. The molecule has 0 radical (unpaired) electrons.